The van der Waals surface area contributed by atoms with Crippen LogP contribution < -0.4 is 27.8 Å². The van der Waals surface area contributed by atoms with E-state index in [1.54, 1.807) is 13.8 Å². The minimum absolute atomic E-state index is 0.0465. The first-order chi connectivity index (χ1) is 10.7. The number of amides is 2. The molecule has 0 saturated carbocycles. The summed E-state index contributed by atoms with van der Waals surface area (Å²) in [5, 5.41) is 14.1. The molecule has 0 aliphatic heterocycles. The maximum atomic E-state index is 12.3. The highest BCUT2D eigenvalue weighted by Crippen LogP contribution is 2.06. The van der Waals surface area contributed by atoms with Crippen LogP contribution in [0.25, 0.3) is 0 Å². The SMILES string of the molecule is CC(C)[C@H](NC(=O)[C@@H](N)CN)C(=O)N[C@@H](CCCCN)C(=O)O. The monoisotopic (exact) mass is 331 g/mol. The molecule has 0 aliphatic rings. The molecule has 0 saturated heterocycles. The predicted octanol–water partition coefficient (Wildman–Crippen LogP) is -1.89. The van der Waals surface area contributed by atoms with Gasteiger partial charge in [-0.05, 0) is 31.7 Å². The summed E-state index contributed by atoms with van der Waals surface area (Å²) >= 11 is 0. The van der Waals surface area contributed by atoms with Crippen molar-refractivity contribution in [3.63, 3.8) is 0 Å². The van der Waals surface area contributed by atoms with E-state index in [1.165, 1.54) is 0 Å². The molecular weight excluding hydrogens is 302 g/mol. The third-order valence-corrected chi connectivity index (χ3v) is 3.40. The maximum absolute atomic E-state index is 12.3. The molecule has 0 radical (unpaired) electrons. The fraction of sp³-hybridized carbons (Fsp3) is 0.786. The summed E-state index contributed by atoms with van der Waals surface area (Å²) in [5.74, 6) is -2.46. The third-order valence-electron chi connectivity index (χ3n) is 3.40. The van der Waals surface area contributed by atoms with E-state index < -0.39 is 35.9 Å². The van der Waals surface area contributed by atoms with Gasteiger partial charge in [-0.3, -0.25) is 9.59 Å². The molecule has 23 heavy (non-hydrogen) atoms. The summed E-state index contributed by atoms with van der Waals surface area (Å²) in [6.07, 6.45) is 1.54. The van der Waals surface area contributed by atoms with E-state index >= 15 is 0 Å². The molecule has 2 amide bonds. The molecule has 0 rings (SSSR count). The molecule has 134 valence electrons. The highest BCUT2D eigenvalue weighted by atomic mass is 16.4. The topological polar surface area (TPSA) is 174 Å². The summed E-state index contributed by atoms with van der Waals surface area (Å²) in [7, 11) is 0. The fourth-order valence-corrected chi connectivity index (χ4v) is 1.91. The van der Waals surface area contributed by atoms with E-state index in [-0.39, 0.29) is 18.9 Å². The Hall–Kier alpha value is -1.71. The van der Waals surface area contributed by atoms with Crippen LogP contribution in [0, 0.1) is 5.92 Å². The minimum Gasteiger partial charge on any atom is -0.480 e. The van der Waals surface area contributed by atoms with Crippen LogP contribution in [0.3, 0.4) is 0 Å². The van der Waals surface area contributed by atoms with Gasteiger partial charge in [-0.25, -0.2) is 4.79 Å². The number of unbranched alkanes of at least 4 members (excludes halogenated alkanes) is 1. The summed E-state index contributed by atoms with van der Waals surface area (Å²) in [5.41, 5.74) is 16.2. The molecule has 0 aliphatic carbocycles. The van der Waals surface area contributed by atoms with Gasteiger partial charge in [-0.1, -0.05) is 13.8 Å². The Balaban J connectivity index is 4.81. The lowest BCUT2D eigenvalue weighted by atomic mass is 10.0. The standard InChI is InChI=1S/C14H29N5O4/c1-8(2)11(19-12(20)9(17)7-16)13(21)18-10(14(22)23)5-3-4-6-15/h8-11H,3-7,15-17H2,1-2H3,(H,18,21)(H,19,20)(H,22,23)/t9-,10-,11-/m0/s1. The number of nitrogens with two attached hydrogens (primary N) is 3. The van der Waals surface area contributed by atoms with E-state index in [0.717, 1.165) is 0 Å². The van der Waals surface area contributed by atoms with Crippen molar-refractivity contribution in [3.8, 4) is 0 Å². The number of rotatable bonds is 11. The average Bonchev–Trinajstić information content (AvgIpc) is 2.49. The van der Waals surface area contributed by atoms with E-state index in [1.807, 2.05) is 0 Å². The van der Waals surface area contributed by atoms with Crippen LogP contribution in [0.15, 0.2) is 0 Å². The quantitative estimate of drug-likeness (QED) is 0.240. The zero-order valence-corrected chi connectivity index (χ0v) is 13.7. The number of carbonyl (C=O) groups is 3. The molecule has 0 spiro atoms. The van der Waals surface area contributed by atoms with Gasteiger partial charge in [0, 0.05) is 6.54 Å². The first-order valence-electron chi connectivity index (χ1n) is 7.73. The zero-order valence-electron chi connectivity index (χ0n) is 13.7. The van der Waals surface area contributed by atoms with Gasteiger partial charge in [-0.2, -0.15) is 0 Å². The second-order valence-corrected chi connectivity index (χ2v) is 5.76. The molecule has 0 fully saturated rings. The van der Waals surface area contributed by atoms with Crippen molar-refractivity contribution in [3.05, 3.63) is 0 Å². The number of hydrogen-bond donors (Lipinski definition) is 6. The second-order valence-electron chi connectivity index (χ2n) is 5.76. The summed E-state index contributed by atoms with van der Waals surface area (Å²) in [6, 6.07) is -2.81. The van der Waals surface area contributed by atoms with Crippen molar-refractivity contribution >= 4 is 17.8 Å². The lowest BCUT2D eigenvalue weighted by Crippen LogP contribution is -2.57. The highest BCUT2D eigenvalue weighted by molar-refractivity contribution is 5.91. The van der Waals surface area contributed by atoms with Crippen LogP contribution in [0.2, 0.25) is 0 Å². The highest BCUT2D eigenvalue weighted by Gasteiger charge is 2.29. The summed E-state index contributed by atoms with van der Waals surface area (Å²) in [6.45, 7) is 3.89. The fourth-order valence-electron chi connectivity index (χ4n) is 1.91. The van der Waals surface area contributed by atoms with Crippen molar-refractivity contribution in [2.45, 2.75) is 51.2 Å². The van der Waals surface area contributed by atoms with Crippen molar-refractivity contribution in [1.82, 2.24) is 10.6 Å². The van der Waals surface area contributed by atoms with Gasteiger partial charge in [0.1, 0.15) is 12.1 Å². The summed E-state index contributed by atoms with van der Waals surface area (Å²) < 4.78 is 0. The van der Waals surface area contributed by atoms with Crippen LogP contribution in [0.4, 0.5) is 0 Å². The van der Waals surface area contributed by atoms with E-state index in [2.05, 4.69) is 10.6 Å². The van der Waals surface area contributed by atoms with Gasteiger partial charge in [0.15, 0.2) is 0 Å². The lowest BCUT2D eigenvalue weighted by molar-refractivity contribution is -0.142. The summed E-state index contributed by atoms with van der Waals surface area (Å²) in [4.78, 5) is 35.3. The molecule has 0 bridgehead atoms. The van der Waals surface area contributed by atoms with Gasteiger partial charge in [0.25, 0.3) is 0 Å². The minimum atomic E-state index is -1.12. The Morgan fingerprint density at radius 2 is 1.65 bits per heavy atom. The van der Waals surface area contributed by atoms with Gasteiger partial charge >= 0.3 is 5.97 Å². The second kappa shape index (κ2) is 10.9. The van der Waals surface area contributed by atoms with Gasteiger partial charge < -0.3 is 32.9 Å². The average molecular weight is 331 g/mol. The van der Waals surface area contributed by atoms with Crippen molar-refractivity contribution in [2.24, 2.45) is 23.1 Å². The molecule has 9 N–H and O–H groups in total. The molecule has 0 unspecified atom stereocenters. The first kappa shape index (κ1) is 21.3. The Bertz CT molecular complexity index is 403. The lowest BCUT2D eigenvalue weighted by Gasteiger charge is -2.25. The number of carbonyl (C=O) groups excluding carboxylic acids is 2. The number of nitrogens with one attached hydrogen (secondary N) is 2. The molecule has 0 aromatic heterocycles. The first-order valence-corrected chi connectivity index (χ1v) is 7.73. The molecule has 9 nitrogen and oxygen atoms in total. The Morgan fingerprint density at radius 3 is 2.09 bits per heavy atom. The van der Waals surface area contributed by atoms with Gasteiger partial charge in [-0.15, -0.1) is 0 Å². The van der Waals surface area contributed by atoms with Crippen molar-refractivity contribution in [1.29, 1.82) is 0 Å². The maximum Gasteiger partial charge on any atom is 0.326 e. The number of aliphatic carboxylic acids is 1. The smallest absolute Gasteiger partial charge is 0.326 e. The molecule has 0 aromatic carbocycles. The number of carboxylic acid groups (broad SMARTS) is 1. The molecule has 9 heteroatoms. The molecule has 3 atom stereocenters. The van der Waals surface area contributed by atoms with Crippen molar-refractivity contribution < 1.29 is 19.5 Å². The largest absolute Gasteiger partial charge is 0.480 e. The van der Waals surface area contributed by atoms with Crippen LogP contribution in [0.1, 0.15) is 33.1 Å². The number of carboxylic acids is 1. The van der Waals surface area contributed by atoms with Gasteiger partial charge in [0.05, 0.1) is 6.04 Å². The Morgan fingerprint density at radius 1 is 1.04 bits per heavy atom. The van der Waals surface area contributed by atoms with E-state index in [4.69, 9.17) is 17.2 Å². The van der Waals surface area contributed by atoms with Crippen molar-refractivity contribution in [2.75, 3.05) is 13.1 Å². The normalized spacial score (nSPS) is 14.9. The van der Waals surface area contributed by atoms with Crippen LogP contribution in [-0.2, 0) is 14.4 Å². The molecular formula is C14H29N5O4. The van der Waals surface area contributed by atoms with Crippen LogP contribution >= 0.6 is 0 Å². The molecule has 0 heterocycles. The Labute approximate surface area is 136 Å². The predicted molar refractivity (Wildman–Crippen MR) is 86.3 cm³/mol. The van der Waals surface area contributed by atoms with Crippen LogP contribution in [-0.4, -0.2) is 54.1 Å². The molecule has 0 aromatic rings. The number of hydrogen-bond acceptors (Lipinski definition) is 6. The van der Waals surface area contributed by atoms with E-state index in [9.17, 15) is 19.5 Å². The third kappa shape index (κ3) is 7.91. The van der Waals surface area contributed by atoms with E-state index in [0.29, 0.717) is 19.4 Å². The zero-order chi connectivity index (χ0) is 18.0. The van der Waals surface area contributed by atoms with Gasteiger partial charge in [0.2, 0.25) is 11.8 Å². The Kier molecular flexibility index (Phi) is 10.1. The van der Waals surface area contributed by atoms with Crippen LogP contribution in [0.5, 0.6) is 0 Å².